The van der Waals surface area contributed by atoms with Gasteiger partial charge in [-0.1, -0.05) is 5.57 Å². The zero-order chi connectivity index (χ0) is 11.3. The van der Waals surface area contributed by atoms with E-state index in [9.17, 15) is 9.59 Å². The van der Waals surface area contributed by atoms with E-state index in [1.165, 1.54) is 13.0 Å². The van der Waals surface area contributed by atoms with Gasteiger partial charge in [-0.05, 0) is 20.8 Å². The topological polar surface area (TPSA) is 86.6 Å². The van der Waals surface area contributed by atoms with E-state index in [0.717, 1.165) is 5.57 Å². The fourth-order valence-electron chi connectivity index (χ4n) is 0.846. The molecule has 0 saturated carbocycles. The maximum atomic E-state index is 11.1. The standard InChI is InChI=1S/C9H15NO4/c1-5(2)4-7(12)10-8(6(3)11)9(13)14/h4,6,8,11H,1-3H3,(H,10,12)(H,13,14)/t6-,8+/m1/s1. The van der Waals surface area contributed by atoms with Crippen LogP contribution in [-0.4, -0.2) is 34.2 Å². The van der Waals surface area contributed by atoms with Gasteiger partial charge in [-0.25, -0.2) is 4.79 Å². The molecule has 0 aliphatic heterocycles. The number of carboxylic acids is 1. The molecule has 0 rings (SSSR count). The summed E-state index contributed by atoms with van der Waals surface area (Å²) in [4.78, 5) is 21.7. The molecule has 0 aromatic carbocycles. The monoisotopic (exact) mass is 201 g/mol. The molecule has 2 atom stereocenters. The van der Waals surface area contributed by atoms with E-state index in [1.54, 1.807) is 13.8 Å². The van der Waals surface area contributed by atoms with Gasteiger partial charge in [-0.15, -0.1) is 0 Å². The fourth-order valence-corrected chi connectivity index (χ4v) is 0.846. The molecule has 80 valence electrons. The normalized spacial score (nSPS) is 14.0. The Morgan fingerprint density at radius 2 is 1.86 bits per heavy atom. The summed E-state index contributed by atoms with van der Waals surface area (Å²) >= 11 is 0. The van der Waals surface area contributed by atoms with Crippen LogP contribution in [0, 0.1) is 0 Å². The second kappa shape index (κ2) is 5.39. The first-order valence-electron chi connectivity index (χ1n) is 4.21. The van der Waals surface area contributed by atoms with E-state index < -0.39 is 24.0 Å². The molecule has 0 aliphatic carbocycles. The predicted octanol–water partition coefficient (Wildman–Crippen LogP) is -0.0972. The lowest BCUT2D eigenvalue weighted by Crippen LogP contribution is -2.47. The molecular weight excluding hydrogens is 186 g/mol. The van der Waals surface area contributed by atoms with Crippen molar-refractivity contribution in [3.63, 3.8) is 0 Å². The van der Waals surface area contributed by atoms with Gasteiger partial charge in [0.05, 0.1) is 6.10 Å². The molecule has 0 saturated heterocycles. The SMILES string of the molecule is CC(C)=CC(=O)N[C@H](C(=O)O)[C@@H](C)O. The molecule has 0 aromatic rings. The summed E-state index contributed by atoms with van der Waals surface area (Å²) in [5, 5.41) is 19.9. The summed E-state index contributed by atoms with van der Waals surface area (Å²) in [5.74, 6) is -1.77. The van der Waals surface area contributed by atoms with E-state index in [2.05, 4.69) is 5.32 Å². The maximum Gasteiger partial charge on any atom is 0.328 e. The highest BCUT2D eigenvalue weighted by Gasteiger charge is 2.23. The van der Waals surface area contributed by atoms with Crippen LogP contribution in [0.3, 0.4) is 0 Å². The summed E-state index contributed by atoms with van der Waals surface area (Å²) < 4.78 is 0. The number of carboxylic acid groups (broad SMARTS) is 1. The van der Waals surface area contributed by atoms with Crippen LogP contribution in [0.4, 0.5) is 0 Å². The third-order valence-corrected chi connectivity index (χ3v) is 1.47. The van der Waals surface area contributed by atoms with Gasteiger partial charge in [-0.3, -0.25) is 4.79 Å². The van der Waals surface area contributed by atoms with Crippen LogP contribution >= 0.6 is 0 Å². The summed E-state index contributed by atoms with van der Waals surface area (Å²) in [6.07, 6.45) is 0.153. The molecule has 0 bridgehead atoms. The zero-order valence-corrected chi connectivity index (χ0v) is 8.44. The number of nitrogens with one attached hydrogen (secondary N) is 1. The average Bonchev–Trinajstić information content (AvgIpc) is 1.97. The molecule has 0 spiro atoms. The van der Waals surface area contributed by atoms with Crippen LogP contribution in [0.15, 0.2) is 11.6 Å². The van der Waals surface area contributed by atoms with Crippen LogP contribution in [0.5, 0.6) is 0 Å². The first-order chi connectivity index (χ1) is 6.34. The Morgan fingerprint density at radius 3 is 2.14 bits per heavy atom. The summed E-state index contributed by atoms with van der Waals surface area (Å²) in [7, 11) is 0. The Labute approximate surface area is 82.4 Å². The van der Waals surface area contributed by atoms with Crippen LogP contribution in [0.1, 0.15) is 20.8 Å². The Balaban J connectivity index is 4.39. The number of amides is 1. The summed E-state index contributed by atoms with van der Waals surface area (Å²) in [6.45, 7) is 4.75. The van der Waals surface area contributed by atoms with Crippen molar-refractivity contribution >= 4 is 11.9 Å². The van der Waals surface area contributed by atoms with E-state index in [4.69, 9.17) is 10.2 Å². The number of carbonyl (C=O) groups is 2. The van der Waals surface area contributed by atoms with E-state index in [1.807, 2.05) is 0 Å². The molecule has 0 unspecified atom stereocenters. The van der Waals surface area contributed by atoms with Crippen LogP contribution in [0.2, 0.25) is 0 Å². The van der Waals surface area contributed by atoms with Crippen LogP contribution in [-0.2, 0) is 9.59 Å². The van der Waals surface area contributed by atoms with Crippen molar-refractivity contribution in [3.8, 4) is 0 Å². The Morgan fingerprint density at radius 1 is 1.36 bits per heavy atom. The number of allylic oxidation sites excluding steroid dienone is 1. The van der Waals surface area contributed by atoms with E-state index >= 15 is 0 Å². The van der Waals surface area contributed by atoms with Gasteiger partial charge < -0.3 is 15.5 Å². The highest BCUT2D eigenvalue weighted by molar-refractivity contribution is 5.91. The second-order valence-electron chi connectivity index (χ2n) is 3.29. The number of aliphatic carboxylic acids is 1. The first kappa shape index (κ1) is 12.6. The quantitative estimate of drug-likeness (QED) is 0.554. The molecule has 3 N–H and O–H groups in total. The van der Waals surface area contributed by atoms with Crippen molar-refractivity contribution in [2.45, 2.75) is 32.9 Å². The molecule has 0 radical (unpaired) electrons. The van der Waals surface area contributed by atoms with Crippen molar-refractivity contribution < 1.29 is 19.8 Å². The van der Waals surface area contributed by atoms with Gasteiger partial charge in [0.25, 0.3) is 0 Å². The number of carbonyl (C=O) groups excluding carboxylic acids is 1. The molecule has 0 aromatic heterocycles. The van der Waals surface area contributed by atoms with Gasteiger partial charge in [0.2, 0.25) is 5.91 Å². The number of rotatable bonds is 4. The lowest BCUT2D eigenvalue weighted by molar-refractivity contribution is -0.144. The van der Waals surface area contributed by atoms with Gasteiger partial charge in [-0.2, -0.15) is 0 Å². The van der Waals surface area contributed by atoms with Crippen molar-refractivity contribution in [1.29, 1.82) is 0 Å². The van der Waals surface area contributed by atoms with E-state index in [0.29, 0.717) is 0 Å². The number of aliphatic hydroxyl groups excluding tert-OH is 1. The minimum Gasteiger partial charge on any atom is -0.480 e. The smallest absolute Gasteiger partial charge is 0.328 e. The molecule has 1 amide bonds. The lowest BCUT2D eigenvalue weighted by atomic mass is 10.2. The Kier molecular flexibility index (Phi) is 4.86. The fraction of sp³-hybridized carbons (Fsp3) is 0.556. The number of hydrogen-bond donors (Lipinski definition) is 3. The zero-order valence-electron chi connectivity index (χ0n) is 8.44. The summed E-state index contributed by atoms with van der Waals surface area (Å²) in [6, 6.07) is -1.27. The van der Waals surface area contributed by atoms with Crippen molar-refractivity contribution in [2.75, 3.05) is 0 Å². The molecule has 0 heterocycles. The first-order valence-corrected chi connectivity index (χ1v) is 4.21. The van der Waals surface area contributed by atoms with Gasteiger partial charge in [0.1, 0.15) is 0 Å². The minimum atomic E-state index is -1.27. The molecule has 0 aliphatic rings. The molecule has 0 fully saturated rings. The average molecular weight is 201 g/mol. The predicted molar refractivity (Wildman–Crippen MR) is 50.7 cm³/mol. The van der Waals surface area contributed by atoms with Crippen molar-refractivity contribution in [3.05, 3.63) is 11.6 Å². The minimum absolute atomic E-state index is 0.515. The van der Waals surface area contributed by atoms with E-state index in [-0.39, 0.29) is 0 Å². The van der Waals surface area contributed by atoms with Crippen LogP contribution in [0.25, 0.3) is 0 Å². The van der Waals surface area contributed by atoms with Crippen molar-refractivity contribution in [1.82, 2.24) is 5.32 Å². The lowest BCUT2D eigenvalue weighted by Gasteiger charge is -2.15. The third kappa shape index (κ3) is 4.61. The second-order valence-corrected chi connectivity index (χ2v) is 3.29. The third-order valence-electron chi connectivity index (χ3n) is 1.47. The van der Waals surface area contributed by atoms with Crippen LogP contribution < -0.4 is 5.32 Å². The highest BCUT2D eigenvalue weighted by atomic mass is 16.4. The van der Waals surface area contributed by atoms with Crippen molar-refractivity contribution in [2.24, 2.45) is 0 Å². The van der Waals surface area contributed by atoms with Gasteiger partial charge in [0, 0.05) is 6.08 Å². The molecule has 14 heavy (non-hydrogen) atoms. The number of hydrogen-bond acceptors (Lipinski definition) is 3. The number of aliphatic hydroxyl groups is 1. The Hall–Kier alpha value is -1.36. The summed E-state index contributed by atoms with van der Waals surface area (Å²) in [5.41, 5.74) is 0.761. The largest absolute Gasteiger partial charge is 0.480 e. The molecule has 5 heteroatoms. The highest BCUT2D eigenvalue weighted by Crippen LogP contribution is 1.95. The molecule has 5 nitrogen and oxygen atoms in total. The molecular formula is C9H15NO4. The Bertz CT molecular complexity index is 254. The van der Waals surface area contributed by atoms with Gasteiger partial charge in [0.15, 0.2) is 6.04 Å². The van der Waals surface area contributed by atoms with Gasteiger partial charge >= 0.3 is 5.97 Å². The maximum absolute atomic E-state index is 11.1.